The fraction of sp³-hybridized carbons (Fsp3) is 0. The van der Waals surface area contributed by atoms with Gasteiger partial charge in [-0.2, -0.15) is 0 Å². The summed E-state index contributed by atoms with van der Waals surface area (Å²) in [6, 6.07) is 6.28. The SMILES string of the molecule is O=S(=O)(Cl)c1cccc(SS)c1. The molecule has 1 aromatic carbocycles. The lowest BCUT2D eigenvalue weighted by molar-refractivity contribution is 0.609. The van der Waals surface area contributed by atoms with Gasteiger partial charge in [0.15, 0.2) is 0 Å². The van der Waals surface area contributed by atoms with Gasteiger partial charge in [-0.25, -0.2) is 8.42 Å². The van der Waals surface area contributed by atoms with E-state index in [1.165, 1.54) is 22.9 Å². The van der Waals surface area contributed by atoms with E-state index in [1.807, 2.05) is 0 Å². The van der Waals surface area contributed by atoms with Gasteiger partial charge in [-0.05, 0) is 18.2 Å². The zero-order chi connectivity index (χ0) is 9.19. The molecule has 0 heterocycles. The molecular weight excluding hydrogens is 236 g/mol. The molecule has 0 radical (unpaired) electrons. The molecule has 2 nitrogen and oxygen atoms in total. The van der Waals surface area contributed by atoms with Gasteiger partial charge in [0, 0.05) is 15.6 Å². The number of halogens is 1. The van der Waals surface area contributed by atoms with Crippen LogP contribution >= 0.6 is 33.1 Å². The summed E-state index contributed by atoms with van der Waals surface area (Å²) in [5.41, 5.74) is 0. The molecule has 6 heteroatoms. The first-order chi connectivity index (χ1) is 5.54. The van der Waals surface area contributed by atoms with E-state index >= 15 is 0 Å². The summed E-state index contributed by atoms with van der Waals surface area (Å²) in [4.78, 5) is 0.850. The molecule has 1 aromatic rings. The molecule has 0 aliphatic carbocycles. The Morgan fingerprint density at radius 2 is 2.08 bits per heavy atom. The quantitative estimate of drug-likeness (QED) is 0.490. The molecule has 0 saturated carbocycles. The number of thiol groups is 1. The summed E-state index contributed by atoms with van der Waals surface area (Å²) in [6.45, 7) is 0. The van der Waals surface area contributed by atoms with Crippen LogP contribution < -0.4 is 0 Å². The predicted octanol–water partition coefficient (Wildman–Crippen LogP) is 2.55. The molecule has 0 aliphatic heterocycles. The summed E-state index contributed by atoms with van der Waals surface area (Å²) in [6.07, 6.45) is 0. The summed E-state index contributed by atoms with van der Waals surface area (Å²) in [5.74, 6) is 0. The highest BCUT2D eigenvalue weighted by molar-refractivity contribution is 8.68. The van der Waals surface area contributed by atoms with E-state index in [-0.39, 0.29) is 4.90 Å². The average molecular weight is 241 g/mol. The van der Waals surface area contributed by atoms with Crippen LogP contribution in [-0.2, 0) is 9.05 Å². The second-order valence-corrected chi connectivity index (χ2v) is 5.77. The Morgan fingerprint density at radius 3 is 2.58 bits per heavy atom. The van der Waals surface area contributed by atoms with Crippen molar-refractivity contribution in [2.75, 3.05) is 0 Å². The van der Waals surface area contributed by atoms with E-state index in [1.54, 1.807) is 12.1 Å². The van der Waals surface area contributed by atoms with Crippen LogP contribution in [0.5, 0.6) is 0 Å². The summed E-state index contributed by atoms with van der Waals surface area (Å²) >= 11 is 3.93. The molecule has 0 aromatic heterocycles. The van der Waals surface area contributed by atoms with E-state index in [0.29, 0.717) is 0 Å². The number of benzene rings is 1. The molecule has 0 saturated heterocycles. The standard InChI is InChI=1S/C6H5ClO2S3/c7-12(8,9)6-3-1-2-5(4-6)11-10/h1-4,10H. The normalized spacial score (nSPS) is 11.5. The predicted molar refractivity (Wildman–Crippen MR) is 54.3 cm³/mol. The van der Waals surface area contributed by atoms with Crippen LogP contribution in [0.1, 0.15) is 0 Å². The first-order valence-corrected chi connectivity index (χ1v) is 7.08. The third-order valence-electron chi connectivity index (χ3n) is 1.19. The summed E-state index contributed by atoms with van der Waals surface area (Å²) in [7, 11) is 2.69. The maximum atomic E-state index is 10.8. The Morgan fingerprint density at radius 1 is 1.42 bits per heavy atom. The topological polar surface area (TPSA) is 34.1 Å². The highest BCUT2D eigenvalue weighted by atomic mass is 35.7. The Kier molecular flexibility index (Phi) is 3.34. The highest BCUT2D eigenvalue weighted by Crippen LogP contribution is 2.25. The van der Waals surface area contributed by atoms with Gasteiger partial charge in [0.05, 0.1) is 4.90 Å². The second kappa shape index (κ2) is 3.91. The van der Waals surface area contributed by atoms with E-state index in [4.69, 9.17) is 10.7 Å². The molecule has 0 atom stereocenters. The highest BCUT2D eigenvalue weighted by Gasteiger charge is 2.09. The van der Waals surface area contributed by atoms with Gasteiger partial charge < -0.3 is 0 Å². The zero-order valence-corrected chi connectivity index (χ0v) is 9.05. The van der Waals surface area contributed by atoms with Gasteiger partial charge in [-0.1, -0.05) is 16.9 Å². The van der Waals surface area contributed by atoms with Gasteiger partial charge >= 0.3 is 0 Å². The van der Waals surface area contributed by atoms with Crippen LogP contribution in [0, 0.1) is 0 Å². The summed E-state index contributed by atoms with van der Waals surface area (Å²) in [5, 5.41) is 0. The minimum absolute atomic E-state index is 0.100. The molecule has 12 heavy (non-hydrogen) atoms. The van der Waals surface area contributed by atoms with Crippen molar-refractivity contribution in [1.82, 2.24) is 0 Å². The first kappa shape index (κ1) is 10.2. The maximum absolute atomic E-state index is 10.8. The monoisotopic (exact) mass is 240 g/mol. The Bertz CT molecular complexity index is 374. The van der Waals surface area contributed by atoms with Gasteiger partial charge in [0.1, 0.15) is 0 Å². The van der Waals surface area contributed by atoms with Crippen LogP contribution in [-0.4, -0.2) is 8.42 Å². The fourth-order valence-electron chi connectivity index (χ4n) is 0.683. The van der Waals surface area contributed by atoms with Gasteiger partial charge in [-0.3, -0.25) is 0 Å². The third-order valence-corrected chi connectivity index (χ3v) is 3.64. The minimum Gasteiger partial charge on any atom is -0.207 e. The zero-order valence-electron chi connectivity index (χ0n) is 5.77. The molecule has 0 N–H and O–H groups in total. The van der Waals surface area contributed by atoms with Crippen LogP contribution in [0.15, 0.2) is 34.1 Å². The van der Waals surface area contributed by atoms with Crippen LogP contribution in [0.25, 0.3) is 0 Å². The van der Waals surface area contributed by atoms with Crippen molar-refractivity contribution < 1.29 is 8.42 Å². The average Bonchev–Trinajstić information content (AvgIpc) is 2.03. The molecule has 0 fully saturated rings. The number of rotatable bonds is 2. The molecule has 66 valence electrons. The first-order valence-electron chi connectivity index (χ1n) is 2.90. The van der Waals surface area contributed by atoms with Crippen molar-refractivity contribution in [3.05, 3.63) is 24.3 Å². The molecule has 1 rings (SSSR count). The van der Waals surface area contributed by atoms with E-state index in [0.717, 1.165) is 4.90 Å². The Balaban J connectivity index is 3.20. The van der Waals surface area contributed by atoms with Crippen LogP contribution in [0.2, 0.25) is 0 Å². The van der Waals surface area contributed by atoms with Crippen molar-refractivity contribution in [1.29, 1.82) is 0 Å². The van der Waals surface area contributed by atoms with Crippen LogP contribution in [0.3, 0.4) is 0 Å². The molecule has 0 amide bonds. The number of hydrogen-bond acceptors (Lipinski definition) is 4. The molecular formula is C6H5ClO2S3. The van der Waals surface area contributed by atoms with Gasteiger partial charge in [0.25, 0.3) is 9.05 Å². The molecule has 0 unspecified atom stereocenters. The van der Waals surface area contributed by atoms with Crippen molar-refractivity contribution in [2.24, 2.45) is 0 Å². The fourth-order valence-corrected chi connectivity index (χ4v) is 2.21. The van der Waals surface area contributed by atoms with Crippen molar-refractivity contribution in [3.63, 3.8) is 0 Å². The van der Waals surface area contributed by atoms with E-state index in [2.05, 4.69) is 11.7 Å². The Labute approximate surface area is 84.5 Å². The van der Waals surface area contributed by atoms with E-state index in [9.17, 15) is 8.42 Å². The molecule has 0 bridgehead atoms. The lowest BCUT2D eigenvalue weighted by Gasteiger charge is -1.97. The minimum atomic E-state index is -3.61. The van der Waals surface area contributed by atoms with E-state index < -0.39 is 9.05 Å². The second-order valence-electron chi connectivity index (χ2n) is 2.00. The van der Waals surface area contributed by atoms with Gasteiger partial charge in [0.2, 0.25) is 0 Å². The van der Waals surface area contributed by atoms with Crippen LogP contribution in [0.4, 0.5) is 0 Å². The maximum Gasteiger partial charge on any atom is 0.261 e. The lowest BCUT2D eigenvalue weighted by Crippen LogP contribution is -1.89. The summed E-state index contributed by atoms with van der Waals surface area (Å²) < 4.78 is 21.7. The largest absolute Gasteiger partial charge is 0.261 e. The third kappa shape index (κ3) is 2.58. The lowest BCUT2D eigenvalue weighted by atomic mass is 10.4. The van der Waals surface area contributed by atoms with Gasteiger partial charge in [-0.15, -0.1) is 11.7 Å². The molecule has 0 aliphatic rings. The van der Waals surface area contributed by atoms with Crippen molar-refractivity contribution in [3.8, 4) is 0 Å². The Hall–Kier alpha value is 0.160. The number of hydrogen-bond donors (Lipinski definition) is 1. The molecule has 0 spiro atoms. The van der Waals surface area contributed by atoms with Crippen molar-refractivity contribution in [2.45, 2.75) is 9.79 Å². The van der Waals surface area contributed by atoms with Crippen molar-refractivity contribution >= 4 is 42.2 Å². The smallest absolute Gasteiger partial charge is 0.207 e.